The molecule has 4 N–H and O–H groups in total. The van der Waals surface area contributed by atoms with Gasteiger partial charge >= 0.3 is 0 Å². The standard InChI is InChI=1S/C25H34F2N4O5/c1-15(2)12-19(25(34)30-21(28)8-10-29-9-5-11-32)31-14-17(13-22(31)33)36-24-18(26)6-7-20(23(24)27)35-16(3)4/h6-8,10,13,15-16,19,29,32H,5,9,11-12,14H2,1-4H3,(H2,28,30,34)/b10-8-/t19-/m0/s1. The van der Waals surface area contributed by atoms with E-state index < -0.39 is 35.2 Å². The highest BCUT2D eigenvalue weighted by molar-refractivity contribution is 6.05. The molecule has 1 aromatic carbocycles. The highest BCUT2D eigenvalue weighted by Gasteiger charge is 2.35. The molecule has 1 atom stereocenters. The molecule has 9 nitrogen and oxygen atoms in total. The van der Waals surface area contributed by atoms with Gasteiger partial charge in [0.2, 0.25) is 17.5 Å². The van der Waals surface area contributed by atoms with E-state index in [1.807, 2.05) is 13.8 Å². The summed E-state index contributed by atoms with van der Waals surface area (Å²) in [6, 6.07) is 1.24. The fraction of sp³-hybridized carbons (Fsp3) is 0.480. The van der Waals surface area contributed by atoms with Gasteiger partial charge in [-0.25, -0.2) is 4.39 Å². The van der Waals surface area contributed by atoms with E-state index in [0.29, 0.717) is 19.4 Å². The number of carbonyl (C=O) groups is 2. The molecular weight excluding hydrogens is 474 g/mol. The van der Waals surface area contributed by atoms with Gasteiger partial charge in [0, 0.05) is 25.4 Å². The minimum absolute atomic E-state index is 0.0240. The molecule has 0 fully saturated rings. The van der Waals surface area contributed by atoms with Gasteiger partial charge < -0.3 is 30.1 Å². The summed E-state index contributed by atoms with van der Waals surface area (Å²) >= 11 is 0. The molecule has 1 aliphatic heterocycles. The number of halogens is 2. The summed E-state index contributed by atoms with van der Waals surface area (Å²) in [6.07, 6.45) is 4.40. The average molecular weight is 509 g/mol. The molecule has 0 aliphatic carbocycles. The number of rotatable bonds is 13. The van der Waals surface area contributed by atoms with Gasteiger partial charge in [-0.05, 0) is 50.8 Å². The van der Waals surface area contributed by atoms with Gasteiger partial charge in [-0.3, -0.25) is 15.0 Å². The molecule has 0 saturated carbocycles. The summed E-state index contributed by atoms with van der Waals surface area (Å²) in [5, 5.41) is 22.1. The molecule has 1 aliphatic rings. The van der Waals surface area contributed by atoms with E-state index >= 15 is 0 Å². The predicted octanol–water partition coefficient (Wildman–Crippen LogP) is 2.85. The van der Waals surface area contributed by atoms with Gasteiger partial charge in [0.15, 0.2) is 11.6 Å². The summed E-state index contributed by atoms with van der Waals surface area (Å²) in [7, 11) is 0. The molecule has 1 aromatic rings. The van der Waals surface area contributed by atoms with Crippen LogP contribution in [-0.4, -0.2) is 59.5 Å². The Morgan fingerprint density at radius 2 is 2.00 bits per heavy atom. The Morgan fingerprint density at radius 1 is 1.28 bits per heavy atom. The third-order valence-electron chi connectivity index (χ3n) is 4.98. The molecule has 2 rings (SSSR count). The summed E-state index contributed by atoms with van der Waals surface area (Å²) in [5.41, 5.74) is 0. The molecule has 36 heavy (non-hydrogen) atoms. The lowest BCUT2D eigenvalue weighted by Gasteiger charge is -2.28. The Labute approximate surface area is 209 Å². The fourth-order valence-electron chi connectivity index (χ4n) is 3.41. The van der Waals surface area contributed by atoms with Crippen LogP contribution in [0.5, 0.6) is 11.5 Å². The van der Waals surface area contributed by atoms with Crippen LogP contribution in [0.15, 0.2) is 36.2 Å². The maximum absolute atomic E-state index is 14.8. The molecule has 198 valence electrons. The highest BCUT2D eigenvalue weighted by atomic mass is 19.1. The van der Waals surface area contributed by atoms with Crippen molar-refractivity contribution >= 4 is 17.6 Å². The number of nitrogens with zero attached hydrogens (tertiary/aromatic N) is 1. The first-order valence-corrected chi connectivity index (χ1v) is 11.8. The molecule has 11 heteroatoms. The number of carbonyl (C=O) groups excluding carboxylic acids is 2. The smallest absolute Gasteiger partial charge is 0.251 e. The Bertz CT molecular complexity index is 1010. The van der Waals surface area contributed by atoms with Crippen LogP contribution in [0.3, 0.4) is 0 Å². The quantitative estimate of drug-likeness (QED) is 0.185. The average Bonchev–Trinajstić information content (AvgIpc) is 3.16. The number of aliphatic hydroxyl groups excluding tert-OH is 1. The lowest BCUT2D eigenvalue weighted by atomic mass is 10.0. The van der Waals surface area contributed by atoms with Crippen molar-refractivity contribution in [3.63, 3.8) is 0 Å². The van der Waals surface area contributed by atoms with Gasteiger partial charge in [-0.2, -0.15) is 4.39 Å². The summed E-state index contributed by atoms with van der Waals surface area (Å²) in [4.78, 5) is 26.9. The van der Waals surface area contributed by atoms with Crippen LogP contribution in [0.4, 0.5) is 8.78 Å². The van der Waals surface area contributed by atoms with Crippen LogP contribution in [0, 0.1) is 23.0 Å². The van der Waals surface area contributed by atoms with Crippen molar-refractivity contribution in [1.82, 2.24) is 15.5 Å². The van der Waals surface area contributed by atoms with Crippen molar-refractivity contribution in [3.8, 4) is 11.5 Å². The second kappa shape index (κ2) is 13.6. The second-order valence-electron chi connectivity index (χ2n) is 8.95. The number of ether oxygens (including phenoxy) is 2. The number of nitrogens with one attached hydrogen (secondary N) is 3. The zero-order valence-corrected chi connectivity index (χ0v) is 20.9. The number of aliphatic hydroxyl groups is 1. The SMILES string of the molecule is CC(C)C[C@@H](C(=O)NC(=N)/C=C\NCCCO)N1CC(Oc2c(F)ccc(OC(C)C)c2F)=CC1=O. The van der Waals surface area contributed by atoms with E-state index in [2.05, 4.69) is 10.6 Å². The van der Waals surface area contributed by atoms with Crippen molar-refractivity contribution in [1.29, 1.82) is 5.41 Å². The van der Waals surface area contributed by atoms with Crippen molar-refractivity contribution in [2.75, 3.05) is 19.7 Å². The molecule has 0 aromatic heterocycles. The molecule has 0 unspecified atom stereocenters. The molecule has 0 bridgehead atoms. The van der Waals surface area contributed by atoms with Crippen LogP contribution in [-0.2, 0) is 9.59 Å². The summed E-state index contributed by atoms with van der Waals surface area (Å²) in [6.45, 7) is 7.52. The van der Waals surface area contributed by atoms with E-state index in [9.17, 15) is 18.4 Å². The van der Waals surface area contributed by atoms with Crippen LogP contribution >= 0.6 is 0 Å². The maximum Gasteiger partial charge on any atom is 0.251 e. The fourth-order valence-corrected chi connectivity index (χ4v) is 3.41. The van der Waals surface area contributed by atoms with Gasteiger partial charge in [0.25, 0.3) is 5.91 Å². The molecule has 0 spiro atoms. The summed E-state index contributed by atoms with van der Waals surface area (Å²) < 4.78 is 39.9. The van der Waals surface area contributed by atoms with Crippen LogP contribution in [0.1, 0.15) is 40.5 Å². The van der Waals surface area contributed by atoms with E-state index in [4.69, 9.17) is 20.0 Å². The summed E-state index contributed by atoms with van der Waals surface area (Å²) in [5.74, 6) is -4.16. The largest absolute Gasteiger partial charge is 0.488 e. The minimum Gasteiger partial charge on any atom is -0.488 e. The third kappa shape index (κ3) is 8.33. The van der Waals surface area contributed by atoms with Crippen LogP contribution in [0.2, 0.25) is 0 Å². The first kappa shape index (κ1) is 28.8. The minimum atomic E-state index is -1.03. The van der Waals surface area contributed by atoms with Crippen LogP contribution in [0.25, 0.3) is 0 Å². The van der Waals surface area contributed by atoms with Gasteiger partial charge in [0.1, 0.15) is 17.6 Å². The van der Waals surface area contributed by atoms with Gasteiger partial charge in [-0.1, -0.05) is 13.8 Å². The Balaban J connectivity index is 2.12. The molecule has 0 radical (unpaired) electrons. The molecule has 1 heterocycles. The van der Waals surface area contributed by atoms with Crippen LogP contribution < -0.4 is 20.1 Å². The monoisotopic (exact) mass is 508 g/mol. The van der Waals surface area contributed by atoms with Gasteiger partial charge in [-0.15, -0.1) is 0 Å². The van der Waals surface area contributed by atoms with E-state index in [1.165, 1.54) is 17.2 Å². The number of benzene rings is 1. The third-order valence-corrected chi connectivity index (χ3v) is 4.98. The lowest BCUT2D eigenvalue weighted by molar-refractivity contribution is -0.135. The highest BCUT2D eigenvalue weighted by Crippen LogP contribution is 2.32. The first-order valence-electron chi connectivity index (χ1n) is 11.8. The topological polar surface area (TPSA) is 124 Å². The van der Waals surface area contributed by atoms with Crippen molar-refractivity contribution in [2.24, 2.45) is 5.92 Å². The normalized spacial score (nSPS) is 14.4. The van der Waals surface area contributed by atoms with Crippen molar-refractivity contribution in [3.05, 3.63) is 47.9 Å². The zero-order valence-electron chi connectivity index (χ0n) is 20.9. The van der Waals surface area contributed by atoms with E-state index in [-0.39, 0.29) is 42.5 Å². The number of hydrogen-bond acceptors (Lipinski definition) is 7. The lowest BCUT2D eigenvalue weighted by Crippen LogP contribution is -2.49. The number of amides is 2. The van der Waals surface area contributed by atoms with Gasteiger partial charge in [0.05, 0.1) is 12.6 Å². The molecule has 0 saturated heterocycles. The Morgan fingerprint density at radius 3 is 2.64 bits per heavy atom. The van der Waals surface area contributed by atoms with Crippen molar-refractivity contribution in [2.45, 2.75) is 52.7 Å². The maximum atomic E-state index is 14.8. The van der Waals surface area contributed by atoms with Crippen molar-refractivity contribution < 1.29 is 33.0 Å². The first-order chi connectivity index (χ1) is 17.0. The van der Waals surface area contributed by atoms with E-state index in [1.54, 1.807) is 13.8 Å². The Hall–Kier alpha value is -3.47. The number of hydrogen-bond donors (Lipinski definition) is 4. The zero-order chi connectivity index (χ0) is 26.8. The number of amidine groups is 1. The molecular formula is C25H34F2N4O5. The predicted molar refractivity (Wildman–Crippen MR) is 131 cm³/mol. The molecule has 2 amide bonds. The Kier molecular flexibility index (Phi) is 10.8. The van der Waals surface area contributed by atoms with E-state index in [0.717, 1.165) is 18.2 Å². The second-order valence-corrected chi connectivity index (χ2v) is 8.95.